The van der Waals surface area contributed by atoms with Gasteiger partial charge in [-0.2, -0.15) is 0 Å². The highest BCUT2D eigenvalue weighted by Gasteiger charge is 2.49. The van der Waals surface area contributed by atoms with Gasteiger partial charge in [-0.25, -0.2) is 0 Å². The van der Waals surface area contributed by atoms with Crippen LogP contribution in [0.2, 0.25) is 0 Å². The first kappa shape index (κ1) is 10.3. The number of imide groups is 1. The smallest absolute Gasteiger partial charge is 0.232 e. The number of hydrogen-bond donors (Lipinski definition) is 0. The first-order chi connectivity index (χ1) is 7.02. The Morgan fingerprint density at radius 3 is 2.40 bits per heavy atom. The van der Waals surface area contributed by atoms with Crippen LogP contribution in [0, 0.1) is 17.8 Å². The highest BCUT2D eigenvalue weighted by Crippen LogP contribution is 2.40. The Balaban J connectivity index is 2.18. The Kier molecular flexibility index (Phi) is 2.37. The lowest BCUT2D eigenvalue weighted by Gasteiger charge is -2.26. The molecule has 0 aromatic heterocycles. The van der Waals surface area contributed by atoms with Gasteiger partial charge in [-0.3, -0.25) is 19.3 Å². The summed E-state index contributed by atoms with van der Waals surface area (Å²) in [7, 11) is 1.53. The Labute approximate surface area is 88.6 Å². The third-order valence-electron chi connectivity index (χ3n) is 3.72. The van der Waals surface area contributed by atoms with E-state index >= 15 is 0 Å². The minimum Gasteiger partial charge on any atom is -0.300 e. The zero-order chi connectivity index (χ0) is 11.2. The van der Waals surface area contributed by atoms with Crippen molar-refractivity contribution in [1.29, 1.82) is 0 Å². The molecule has 1 aliphatic heterocycles. The van der Waals surface area contributed by atoms with Gasteiger partial charge in [0, 0.05) is 13.0 Å². The van der Waals surface area contributed by atoms with E-state index in [9.17, 15) is 14.4 Å². The largest absolute Gasteiger partial charge is 0.300 e. The van der Waals surface area contributed by atoms with Gasteiger partial charge in [0.25, 0.3) is 0 Å². The number of hydrogen-bond acceptors (Lipinski definition) is 3. The second-order valence-electron chi connectivity index (χ2n) is 4.57. The maximum Gasteiger partial charge on any atom is 0.232 e. The van der Waals surface area contributed by atoms with E-state index in [2.05, 4.69) is 0 Å². The van der Waals surface area contributed by atoms with Gasteiger partial charge in [0.15, 0.2) is 0 Å². The molecule has 3 unspecified atom stereocenters. The number of nitrogens with zero attached hydrogens (tertiary/aromatic N) is 1. The summed E-state index contributed by atoms with van der Waals surface area (Å²) in [4.78, 5) is 35.8. The van der Waals surface area contributed by atoms with Crippen LogP contribution in [0.5, 0.6) is 0 Å². The highest BCUT2D eigenvalue weighted by atomic mass is 16.2. The summed E-state index contributed by atoms with van der Waals surface area (Å²) < 4.78 is 0. The monoisotopic (exact) mass is 209 g/mol. The number of carbonyl (C=O) groups excluding carboxylic acids is 3. The molecule has 2 amide bonds. The summed E-state index contributed by atoms with van der Waals surface area (Å²) in [5, 5.41) is 0. The predicted molar refractivity (Wildman–Crippen MR) is 52.8 cm³/mol. The predicted octanol–water partition coefficient (Wildman–Crippen LogP) is 0.606. The van der Waals surface area contributed by atoms with Gasteiger partial charge < -0.3 is 0 Å². The molecule has 1 aliphatic carbocycles. The van der Waals surface area contributed by atoms with Gasteiger partial charge in [-0.15, -0.1) is 0 Å². The van der Waals surface area contributed by atoms with Crippen molar-refractivity contribution < 1.29 is 14.4 Å². The lowest BCUT2D eigenvalue weighted by atomic mass is 9.74. The molecule has 2 rings (SSSR count). The van der Waals surface area contributed by atoms with Crippen LogP contribution in [-0.4, -0.2) is 29.5 Å². The summed E-state index contributed by atoms with van der Waals surface area (Å²) in [6, 6.07) is 0. The molecule has 82 valence electrons. The number of carbonyl (C=O) groups is 3. The van der Waals surface area contributed by atoms with Gasteiger partial charge in [0.2, 0.25) is 11.8 Å². The number of amides is 2. The number of ketones is 1. The van der Waals surface area contributed by atoms with Crippen molar-refractivity contribution in [3.63, 3.8) is 0 Å². The summed E-state index contributed by atoms with van der Waals surface area (Å²) in [6.07, 6.45) is 2.00. The second-order valence-corrected chi connectivity index (χ2v) is 4.57. The molecule has 0 spiro atoms. The molecule has 0 N–H and O–H groups in total. The molecular weight excluding hydrogens is 194 g/mol. The number of fused-ring (bicyclic) bond motifs is 1. The molecule has 0 bridgehead atoms. The molecule has 2 aliphatic rings. The van der Waals surface area contributed by atoms with Crippen LogP contribution >= 0.6 is 0 Å². The van der Waals surface area contributed by atoms with E-state index < -0.39 is 0 Å². The summed E-state index contributed by atoms with van der Waals surface area (Å²) in [5.41, 5.74) is 0. The molecule has 2 fully saturated rings. The number of likely N-dealkylation sites (tertiary alicyclic amines) is 1. The van der Waals surface area contributed by atoms with Gasteiger partial charge in [0.05, 0.1) is 11.8 Å². The van der Waals surface area contributed by atoms with Gasteiger partial charge in [-0.05, 0) is 26.2 Å². The third kappa shape index (κ3) is 1.48. The first-order valence-corrected chi connectivity index (χ1v) is 5.34. The van der Waals surface area contributed by atoms with Crippen molar-refractivity contribution in [2.24, 2.45) is 17.8 Å². The minimum atomic E-state index is -0.231. The zero-order valence-corrected chi connectivity index (χ0v) is 9.03. The van der Waals surface area contributed by atoms with E-state index in [1.165, 1.54) is 11.9 Å². The molecule has 0 aromatic rings. The molecule has 0 aromatic carbocycles. The van der Waals surface area contributed by atoms with Crippen LogP contribution < -0.4 is 0 Å². The van der Waals surface area contributed by atoms with Crippen LogP contribution in [0.3, 0.4) is 0 Å². The molecule has 15 heavy (non-hydrogen) atoms. The van der Waals surface area contributed by atoms with Crippen LogP contribution in [0.4, 0.5) is 0 Å². The molecular formula is C11H15NO3. The maximum atomic E-state index is 11.7. The summed E-state index contributed by atoms with van der Waals surface area (Å²) in [5.74, 6) is -0.427. The van der Waals surface area contributed by atoms with E-state index in [0.717, 1.165) is 6.42 Å². The Morgan fingerprint density at radius 2 is 1.80 bits per heavy atom. The van der Waals surface area contributed by atoms with E-state index in [0.29, 0.717) is 12.8 Å². The fourth-order valence-electron chi connectivity index (χ4n) is 2.71. The van der Waals surface area contributed by atoms with E-state index in [1.807, 2.05) is 0 Å². The third-order valence-corrected chi connectivity index (χ3v) is 3.72. The van der Waals surface area contributed by atoms with Crippen molar-refractivity contribution >= 4 is 17.6 Å². The average Bonchev–Trinajstić information content (AvgIpc) is 2.44. The van der Waals surface area contributed by atoms with Crippen molar-refractivity contribution in [3.8, 4) is 0 Å². The number of rotatable bonds is 1. The lowest BCUT2D eigenvalue weighted by Crippen LogP contribution is -2.30. The molecule has 1 heterocycles. The molecule has 1 saturated carbocycles. The van der Waals surface area contributed by atoms with Crippen molar-refractivity contribution in [2.45, 2.75) is 26.2 Å². The summed E-state index contributed by atoms with van der Waals surface area (Å²) in [6.45, 7) is 1.57. The fourth-order valence-corrected chi connectivity index (χ4v) is 2.71. The number of Topliss-reactive ketones (excluding diaryl/α,β-unsaturated/α-hetero) is 1. The van der Waals surface area contributed by atoms with E-state index in [-0.39, 0.29) is 35.4 Å². The van der Waals surface area contributed by atoms with E-state index in [4.69, 9.17) is 0 Å². The maximum absolute atomic E-state index is 11.7. The van der Waals surface area contributed by atoms with Crippen LogP contribution in [0.25, 0.3) is 0 Å². The topological polar surface area (TPSA) is 54.5 Å². The lowest BCUT2D eigenvalue weighted by molar-refractivity contribution is -0.138. The molecule has 4 nitrogen and oxygen atoms in total. The summed E-state index contributed by atoms with van der Waals surface area (Å²) >= 11 is 0. The van der Waals surface area contributed by atoms with Crippen LogP contribution in [0.15, 0.2) is 0 Å². The molecule has 4 heteroatoms. The van der Waals surface area contributed by atoms with Crippen molar-refractivity contribution in [1.82, 2.24) is 4.90 Å². The van der Waals surface area contributed by atoms with Crippen molar-refractivity contribution in [2.75, 3.05) is 7.05 Å². The zero-order valence-electron chi connectivity index (χ0n) is 9.03. The molecule has 3 atom stereocenters. The van der Waals surface area contributed by atoms with Gasteiger partial charge in [-0.1, -0.05) is 0 Å². The quantitative estimate of drug-likeness (QED) is 0.594. The van der Waals surface area contributed by atoms with Crippen molar-refractivity contribution in [3.05, 3.63) is 0 Å². The second kappa shape index (κ2) is 3.43. The SMILES string of the molecule is CC(=O)C1CCC2C(=O)N(C)C(=O)C2C1. The minimum absolute atomic E-state index is 0.0190. The van der Waals surface area contributed by atoms with Gasteiger partial charge in [0.1, 0.15) is 5.78 Å². The normalized spacial score (nSPS) is 35.6. The average molecular weight is 209 g/mol. The van der Waals surface area contributed by atoms with Gasteiger partial charge >= 0.3 is 0 Å². The van der Waals surface area contributed by atoms with Crippen LogP contribution in [0.1, 0.15) is 26.2 Å². The fraction of sp³-hybridized carbons (Fsp3) is 0.727. The van der Waals surface area contributed by atoms with E-state index in [1.54, 1.807) is 6.92 Å². The Bertz CT molecular complexity index is 337. The standard InChI is InChI=1S/C11H15NO3/c1-6(13)7-3-4-8-9(5-7)11(15)12(2)10(8)14/h7-9H,3-5H2,1-2H3. The Morgan fingerprint density at radius 1 is 1.20 bits per heavy atom. The molecule has 1 saturated heterocycles. The van der Waals surface area contributed by atoms with Crippen LogP contribution in [-0.2, 0) is 14.4 Å². The highest BCUT2D eigenvalue weighted by molar-refractivity contribution is 6.05. The Hall–Kier alpha value is -1.19. The molecule has 0 radical (unpaired) electrons. The first-order valence-electron chi connectivity index (χ1n) is 5.34.